The van der Waals surface area contributed by atoms with E-state index in [1.54, 1.807) is 24.5 Å². The zero-order valence-electron chi connectivity index (χ0n) is 19.5. The van der Waals surface area contributed by atoms with Crippen molar-refractivity contribution in [2.75, 3.05) is 5.32 Å². The Morgan fingerprint density at radius 2 is 1.94 bits per heavy atom. The number of pyridine rings is 1. The van der Waals surface area contributed by atoms with Crippen LogP contribution < -0.4 is 5.32 Å². The van der Waals surface area contributed by atoms with E-state index in [0.29, 0.717) is 33.2 Å². The van der Waals surface area contributed by atoms with Crippen LogP contribution in [0.1, 0.15) is 47.1 Å². The molecule has 0 spiro atoms. The first-order valence-electron chi connectivity index (χ1n) is 11.2. The van der Waals surface area contributed by atoms with Crippen molar-refractivity contribution in [1.29, 1.82) is 0 Å². The summed E-state index contributed by atoms with van der Waals surface area (Å²) < 4.78 is 15.7. The van der Waals surface area contributed by atoms with Gasteiger partial charge in [0.05, 0.1) is 23.9 Å². The minimum atomic E-state index is -0.363. The van der Waals surface area contributed by atoms with E-state index >= 15 is 0 Å². The summed E-state index contributed by atoms with van der Waals surface area (Å²) in [6.07, 6.45) is 7.85. The maximum absolute atomic E-state index is 13.7. The maximum Gasteiger partial charge on any atom is 0.228 e. The van der Waals surface area contributed by atoms with Gasteiger partial charge in [0.1, 0.15) is 17.8 Å². The van der Waals surface area contributed by atoms with E-state index in [0.717, 1.165) is 16.8 Å². The van der Waals surface area contributed by atoms with Gasteiger partial charge in [-0.25, -0.2) is 14.4 Å². The minimum Gasteiger partial charge on any atom is -0.358 e. The average Bonchev–Trinajstić information content (AvgIpc) is 3.37. The average molecular weight is 471 g/mol. The number of hydrogen-bond acceptors (Lipinski definition) is 5. The molecule has 176 valence electrons. The lowest BCUT2D eigenvalue weighted by atomic mass is 10.1. The number of nitrogens with zero attached hydrogens (tertiary/aromatic N) is 4. The van der Waals surface area contributed by atoms with Crippen LogP contribution in [0.3, 0.4) is 0 Å². The number of ketones is 1. The van der Waals surface area contributed by atoms with E-state index in [2.05, 4.69) is 25.3 Å². The molecule has 1 aromatic carbocycles. The van der Waals surface area contributed by atoms with Crippen molar-refractivity contribution in [3.8, 4) is 0 Å². The van der Waals surface area contributed by atoms with Crippen LogP contribution in [0.5, 0.6) is 0 Å². The van der Waals surface area contributed by atoms with Crippen LogP contribution in [0.4, 0.5) is 10.1 Å². The molecule has 0 radical (unpaired) electrons. The number of fused-ring (bicyclic) bond motifs is 2. The summed E-state index contributed by atoms with van der Waals surface area (Å²) in [5.74, 6) is -0.900. The van der Waals surface area contributed by atoms with Gasteiger partial charge in [-0.1, -0.05) is 0 Å². The van der Waals surface area contributed by atoms with Crippen LogP contribution in [-0.2, 0) is 11.2 Å². The highest BCUT2D eigenvalue weighted by Crippen LogP contribution is 2.26. The van der Waals surface area contributed by atoms with E-state index in [9.17, 15) is 14.0 Å². The van der Waals surface area contributed by atoms with Gasteiger partial charge in [-0.3, -0.25) is 14.6 Å². The molecule has 0 aliphatic heterocycles. The van der Waals surface area contributed by atoms with Crippen molar-refractivity contribution < 1.29 is 14.0 Å². The first-order chi connectivity index (χ1) is 16.8. The van der Waals surface area contributed by atoms with E-state index in [4.69, 9.17) is 0 Å². The number of H-pyrrole nitrogens is 1. The van der Waals surface area contributed by atoms with Crippen molar-refractivity contribution in [2.45, 2.75) is 33.2 Å². The Hall–Kier alpha value is -4.40. The SMILES string of the molecule is Cc1[nH]c2ccc(F)cc2c1CC(=O)Nc1cncc(C(=O)c2cn(C(C)C)c3ncncc23)c1. The van der Waals surface area contributed by atoms with Gasteiger partial charge in [-0.15, -0.1) is 0 Å². The first-order valence-corrected chi connectivity index (χ1v) is 11.2. The third-order valence-corrected chi connectivity index (χ3v) is 6.00. The molecule has 4 aromatic heterocycles. The number of carbonyl (C=O) groups is 2. The molecule has 0 saturated carbocycles. The highest BCUT2D eigenvalue weighted by Gasteiger charge is 2.20. The van der Waals surface area contributed by atoms with E-state index in [-0.39, 0.29) is 30.0 Å². The molecule has 35 heavy (non-hydrogen) atoms. The van der Waals surface area contributed by atoms with Crippen LogP contribution in [0, 0.1) is 12.7 Å². The molecule has 0 bridgehead atoms. The van der Waals surface area contributed by atoms with Crippen LogP contribution in [0.2, 0.25) is 0 Å². The van der Waals surface area contributed by atoms with Gasteiger partial charge in [-0.2, -0.15) is 0 Å². The molecule has 5 aromatic rings. The number of aryl methyl sites for hydroxylation is 1. The van der Waals surface area contributed by atoms with Gasteiger partial charge < -0.3 is 14.9 Å². The number of aromatic nitrogens is 5. The van der Waals surface area contributed by atoms with Crippen molar-refractivity contribution in [3.63, 3.8) is 0 Å². The zero-order chi connectivity index (χ0) is 24.7. The third-order valence-electron chi connectivity index (χ3n) is 6.00. The molecule has 9 heteroatoms. The highest BCUT2D eigenvalue weighted by molar-refractivity contribution is 6.16. The molecule has 8 nitrogen and oxygen atoms in total. The molecular weight excluding hydrogens is 447 g/mol. The molecule has 0 aliphatic rings. The highest BCUT2D eigenvalue weighted by atomic mass is 19.1. The molecule has 4 heterocycles. The standard InChI is InChI=1S/C26H23FN6O2/c1-14(2)33-12-22(21-11-29-13-30-26(21)33)25(35)16-6-18(10-28-9-16)32-24(34)8-19-15(3)31-23-5-4-17(27)7-20(19)23/h4-7,9-14,31H,8H2,1-3H3,(H,32,34). The lowest BCUT2D eigenvalue weighted by Gasteiger charge is -2.07. The monoisotopic (exact) mass is 470 g/mol. The third kappa shape index (κ3) is 4.16. The summed E-state index contributed by atoms with van der Waals surface area (Å²) in [6, 6.07) is 6.15. The largest absolute Gasteiger partial charge is 0.358 e. The van der Waals surface area contributed by atoms with Crippen molar-refractivity contribution in [2.24, 2.45) is 0 Å². The fourth-order valence-electron chi connectivity index (χ4n) is 4.30. The molecule has 5 rings (SSSR count). The second kappa shape index (κ2) is 8.75. The number of benzene rings is 1. The Morgan fingerprint density at radius 1 is 1.11 bits per heavy atom. The molecule has 0 atom stereocenters. The number of anilines is 1. The second-order valence-electron chi connectivity index (χ2n) is 8.74. The van der Waals surface area contributed by atoms with Crippen LogP contribution >= 0.6 is 0 Å². The summed E-state index contributed by atoms with van der Waals surface area (Å²) in [5.41, 5.74) is 4.17. The molecule has 0 saturated heterocycles. The van der Waals surface area contributed by atoms with Gasteiger partial charge >= 0.3 is 0 Å². The maximum atomic E-state index is 13.7. The molecule has 1 amide bonds. The predicted molar refractivity (Wildman–Crippen MR) is 131 cm³/mol. The normalized spacial score (nSPS) is 11.5. The molecule has 0 aliphatic carbocycles. The van der Waals surface area contributed by atoms with Gasteiger partial charge in [-0.05, 0) is 50.6 Å². The molecule has 0 fully saturated rings. The van der Waals surface area contributed by atoms with Gasteiger partial charge in [0.25, 0.3) is 0 Å². The summed E-state index contributed by atoms with van der Waals surface area (Å²) in [7, 11) is 0. The van der Waals surface area contributed by atoms with Crippen LogP contribution in [0.25, 0.3) is 21.9 Å². The quantitative estimate of drug-likeness (QED) is 0.349. The Balaban J connectivity index is 1.40. The topological polar surface area (TPSA) is 106 Å². The Bertz CT molecular complexity index is 1600. The molecular formula is C26H23FN6O2. The Morgan fingerprint density at radius 3 is 2.74 bits per heavy atom. The predicted octanol–water partition coefficient (Wildman–Crippen LogP) is 4.75. The minimum absolute atomic E-state index is 0.0483. The van der Waals surface area contributed by atoms with Crippen molar-refractivity contribution in [1.82, 2.24) is 24.5 Å². The molecule has 2 N–H and O–H groups in total. The van der Waals surface area contributed by atoms with Crippen LogP contribution in [0.15, 0.2) is 55.4 Å². The number of aromatic amines is 1. The van der Waals surface area contributed by atoms with Crippen LogP contribution in [-0.4, -0.2) is 36.2 Å². The Labute approximate surface area is 200 Å². The number of nitrogens with one attached hydrogen (secondary N) is 2. The van der Waals surface area contributed by atoms with E-state index in [1.807, 2.05) is 25.3 Å². The van der Waals surface area contributed by atoms with E-state index < -0.39 is 0 Å². The van der Waals surface area contributed by atoms with Crippen molar-refractivity contribution in [3.05, 3.63) is 83.6 Å². The summed E-state index contributed by atoms with van der Waals surface area (Å²) in [5, 5.41) is 4.13. The summed E-state index contributed by atoms with van der Waals surface area (Å²) in [6.45, 7) is 5.87. The lowest BCUT2D eigenvalue weighted by Crippen LogP contribution is -2.15. The summed E-state index contributed by atoms with van der Waals surface area (Å²) in [4.78, 5) is 41.9. The second-order valence-corrected chi connectivity index (χ2v) is 8.74. The Kier molecular flexibility index (Phi) is 5.60. The summed E-state index contributed by atoms with van der Waals surface area (Å²) >= 11 is 0. The number of halogens is 1. The lowest BCUT2D eigenvalue weighted by molar-refractivity contribution is -0.115. The van der Waals surface area contributed by atoms with E-state index in [1.165, 1.54) is 30.9 Å². The van der Waals surface area contributed by atoms with Gasteiger partial charge in [0.2, 0.25) is 5.91 Å². The van der Waals surface area contributed by atoms with Gasteiger partial charge in [0.15, 0.2) is 5.78 Å². The fourth-order valence-corrected chi connectivity index (χ4v) is 4.30. The molecule has 0 unspecified atom stereocenters. The first kappa shape index (κ1) is 22.4. The van der Waals surface area contributed by atoms with Crippen molar-refractivity contribution >= 4 is 39.3 Å². The smallest absolute Gasteiger partial charge is 0.228 e. The van der Waals surface area contributed by atoms with Gasteiger partial charge in [0, 0.05) is 52.2 Å². The fraction of sp³-hybridized carbons (Fsp3) is 0.192. The number of hydrogen-bond donors (Lipinski definition) is 2. The number of amides is 1. The number of carbonyl (C=O) groups excluding carboxylic acids is 2. The number of rotatable bonds is 6. The zero-order valence-corrected chi connectivity index (χ0v) is 19.5.